The second kappa shape index (κ2) is 6.21. The summed E-state index contributed by atoms with van der Waals surface area (Å²) in [4.78, 5) is 24.7. The van der Waals surface area contributed by atoms with Crippen molar-refractivity contribution in [1.82, 2.24) is 25.2 Å². The van der Waals surface area contributed by atoms with Crippen LogP contribution in [0.15, 0.2) is 6.20 Å². The standard InChI is InChI=1S/C13H21N5O3/c1-8(2)4-14-12(19)9(3)17-5-10(6-17)18-7-11(13(20)21)15-16-18/h7-10H,4-6H2,1-3H3,(H,14,19)(H,20,21). The number of aromatic nitrogens is 3. The minimum Gasteiger partial charge on any atom is -0.476 e. The Morgan fingerprint density at radius 1 is 1.43 bits per heavy atom. The van der Waals surface area contributed by atoms with E-state index in [4.69, 9.17) is 5.11 Å². The van der Waals surface area contributed by atoms with Gasteiger partial charge in [0.25, 0.3) is 0 Å². The molecule has 0 spiro atoms. The fraction of sp³-hybridized carbons (Fsp3) is 0.692. The van der Waals surface area contributed by atoms with Crippen LogP contribution in [-0.2, 0) is 4.79 Å². The van der Waals surface area contributed by atoms with E-state index in [2.05, 4.69) is 29.5 Å². The van der Waals surface area contributed by atoms with Gasteiger partial charge in [-0.2, -0.15) is 0 Å². The number of aromatic carboxylic acids is 1. The molecule has 2 heterocycles. The first kappa shape index (κ1) is 15.4. The smallest absolute Gasteiger partial charge is 0.358 e. The molecule has 1 atom stereocenters. The topological polar surface area (TPSA) is 100 Å². The summed E-state index contributed by atoms with van der Waals surface area (Å²) in [6.07, 6.45) is 1.42. The maximum absolute atomic E-state index is 12.0. The number of carbonyl (C=O) groups is 2. The Bertz CT molecular complexity index is 522. The lowest BCUT2D eigenvalue weighted by atomic mass is 10.1. The number of hydrogen-bond acceptors (Lipinski definition) is 5. The molecule has 0 bridgehead atoms. The summed E-state index contributed by atoms with van der Waals surface area (Å²) in [5.74, 6) is -0.638. The summed E-state index contributed by atoms with van der Waals surface area (Å²) in [7, 11) is 0. The largest absolute Gasteiger partial charge is 0.476 e. The number of carboxylic acids is 1. The molecular formula is C13H21N5O3. The number of nitrogens with zero attached hydrogens (tertiary/aromatic N) is 4. The molecule has 0 aliphatic carbocycles. The van der Waals surface area contributed by atoms with Crippen LogP contribution < -0.4 is 5.32 Å². The van der Waals surface area contributed by atoms with E-state index in [9.17, 15) is 9.59 Å². The monoisotopic (exact) mass is 295 g/mol. The van der Waals surface area contributed by atoms with Gasteiger partial charge in [0.1, 0.15) is 0 Å². The van der Waals surface area contributed by atoms with E-state index in [1.807, 2.05) is 11.8 Å². The Morgan fingerprint density at radius 2 is 2.10 bits per heavy atom. The molecule has 1 unspecified atom stereocenters. The third-order valence-electron chi connectivity index (χ3n) is 3.61. The molecule has 1 saturated heterocycles. The van der Waals surface area contributed by atoms with Crippen molar-refractivity contribution in [3.05, 3.63) is 11.9 Å². The fourth-order valence-corrected chi connectivity index (χ4v) is 2.14. The number of rotatable bonds is 6. The molecule has 1 aliphatic heterocycles. The van der Waals surface area contributed by atoms with Gasteiger partial charge in [0.2, 0.25) is 5.91 Å². The third kappa shape index (κ3) is 3.57. The van der Waals surface area contributed by atoms with Crippen LogP contribution in [0.4, 0.5) is 0 Å². The van der Waals surface area contributed by atoms with Gasteiger partial charge in [-0.1, -0.05) is 19.1 Å². The molecule has 1 aromatic rings. The van der Waals surface area contributed by atoms with Crippen molar-refractivity contribution in [2.24, 2.45) is 5.92 Å². The fourth-order valence-electron chi connectivity index (χ4n) is 2.14. The quantitative estimate of drug-likeness (QED) is 0.766. The van der Waals surface area contributed by atoms with E-state index >= 15 is 0 Å². The highest BCUT2D eigenvalue weighted by Gasteiger charge is 2.35. The minimum atomic E-state index is -1.08. The zero-order chi connectivity index (χ0) is 15.6. The molecule has 1 fully saturated rings. The zero-order valence-corrected chi connectivity index (χ0v) is 12.5. The molecule has 116 valence electrons. The van der Waals surface area contributed by atoms with E-state index in [0.717, 1.165) is 0 Å². The number of nitrogens with one attached hydrogen (secondary N) is 1. The summed E-state index contributed by atoms with van der Waals surface area (Å²) in [5, 5.41) is 19.1. The molecule has 0 saturated carbocycles. The van der Waals surface area contributed by atoms with Crippen molar-refractivity contribution in [1.29, 1.82) is 0 Å². The number of carboxylic acid groups (broad SMARTS) is 1. The lowest BCUT2D eigenvalue weighted by molar-refractivity contribution is -0.128. The van der Waals surface area contributed by atoms with Crippen molar-refractivity contribution >= 4 is 11.9 Å². The van der Waals surface area contributed by atoms with Gasteiger partial charge in [0.05, 0.1) is 18.3 Å². The van der Waals surface area contributed by atoms with Gasteiger partial charge < -0.3 is 10.4 Å². The molecule has 2 rings (SSSR count). The van der Waals surface area contributed by atoms with Gasteiger partial charge in [-0.05, 0) is 12.8 Å². The summed E-state index contributed by atoms with van der Waals surface area (Å²) in [6.45, 7) is 7.98. The molecule has 0 radical (unpaired) electrons. The van der Waals surface area contributed by atoms with Crippen LogP contribution in [0.2, 0.25) is 0 Å². The maximum Gasteiger partial charge on any atom is 0.358 e. The van der Waals surface area contributed by atoms with E-state index in [1.54, 1.807) is 4.68 Å². The molecule has 8 heteroatoms. The van der Waals surface area contributed by atoms with Crippen LogP contribution in [0.25, 0.3) is 0 Å². The molecule has 21 heavy (non-hydrogen) atoms. The van der Waals surface area contributed by atoms with Gasteiger partial charge in [0, 0.05) is 19.6 Å². The van der Waals surface area contributed by atoms with Crippen molar-refractivity contribution in [2.75, 3.05) is 19.6 Å². The van der Waals surface area contributed by atoms with Gasteiger partial charge >= 0.3 is 5.97 Å². The SMILES string of the molecule is CC(C)CNC(=O)C(C)N1CC(n2cc(C(=O)O)nn2)C1. The van der Waals surface area contributed by atoms with E-state index in [1.165, 1.54) is 6.20 Å². The summed E-state index contributed by atoms with van der Waals surface area (Å²) >= 11 is 0. The predicted molar refractivity (Wildman–Crippen MR) is 74.9 cm³/mol. The van der Waals surface area contributed by atoms with E-state index < -0.39 is 5.97 Å². The first-order chi connectivity index (χ1) is 9.88. The second-order valence-corrected chi connectivity index (χ2v) is 5.81. The van der Waals surface area contributed by atoms with Gasteiger partial charge in [-0.15, -0.1) is 5.10 Å². The number of likely N-dealkylation sites (tertiary alicyclic amines) is 1. The van der Waals surface area contributed by atoms with Crippen LogP contribution in [0.3, 0.4) is 0 Å². The Labute approximate surface area is 123 Å². The van der Waals surface area contributed by atoms with Crippen LogP contribution >= 0.6 is 0 Å². The first-order valence-electron chi connectivity index (χ1n) is 7.05. The van der Waals surface area contributed by atoms with E-state index in [0.29, 0.717) is 25.6 Å². The molecule has 0 aromatic carbocycles. The average Bonchev–Trinajstić information content (AvgIpc) is 2.83. The molecule has 8 nitrogen and oxygen atoms in total. The molecular weight excluding hydrogens is 274 g/mol. The van der Waals surface area contributed by atoms with Crippen LogP contribution in [0.1, 0.15) is 37.3 Å². The third-order valence-corrected chi connectivity index (χ3v) is 3.61. The summed E-state index contributed by atoms with van der Waals surface area (Å²) < 4.78 is 1.55. The van der Waals surface area contributed by atoms with Crippen molar-refractivity contribution in [3.8, 4) is 0 Å². The van der Waals surface area contributed by atoms with Crippen molar-refractivity contribution in [3.63, 3.8) is 0 Å². The first-order valence-corrected chi connectivity index (χ1v) is 7.05. The molecule has 1 amide bonds. The average molecular weight is 295 g/mol. The second-order valence-electron chi connectivity index (χ2n) is 5.81. The maximum atomic E-state index is 12.0. The van der Waals surface area contributed by atoms with Crippen LogP contribution in [0.5, 0.6) is 0 Å². The predicted octanol–water partition coefficient (Wildman–Crippen LogP) is -0.00630. The molecule has 2 N–H and O–H groups in total. The Hall–Kier alpha value is -1.96. The molecule has 1 aliphatic rings. The highest BCUT2D eigenvalue weighted by molar-refractivity contribution is 5.84. The lowest BCUT2D eigenvalue weighted by Gasteiger charge is -2.42. The Kier molecular flexibility index (Phi) is 4.56. The zero-order valence-electron chi connectivity index (χ0n) is 12.5. The Morgan fingerprint density at radius 3 is 2.62 bits per heavy atom. The lowest BCUT2D eigenvalue weighted by Crippen LogP contribution is -2.56. The molecule has 1 aromatic heterocycles. The number of amides is 1. The van der Waals surface area contributed by atoms with Crippen molar-refractivity contribution < 1.29 is 14.7 Å². The number of carbonyl (C=O) groups excluding carboxylic acids is 1. The summed E-state index contributed by atoms with van der Waals surface area (Å²) in [6, 6.07) is -0.117. The highest BCUT2D eigenvalue weighted by Crippen LogP contribution is 2.22. The van der Waals surface area contributed by atoms with Gasteiger partial charge in [0.15, 0.2) is 5.69 Å². The minimum absolute atomic E-state index is 0.0203. The van der Waals surface area contributed by atoms with Gasteiger partial charge in [-0.25, -0.2) is 9.48 Å². The van der Waals surface area contributed by atoms with E-state index in [-0.39, 0.29) is 23.7 Å². The Balaban J connectivity index is 1.82. The van der Waals surface area contributed by atoms with Crippen LogP contribution in [-0.4, -0.2) is 62.6 Å². The normalized spacial score (nSPS) is 17.5. The van der Waals surface area contributed by atoms with Gasteiger partial charge in [-0.3, -0.25) is 9.69 Å². The summed E-state index contributed by atoms with van der Waals surface area (Å²) in [5.41, 5.74) is -0.0591. The van der Waals surface area contributed by atoms with Crippen LogP contribution in [0, 0.1) is 5.92 Å². The van der Waals surface area contributed by atoms with Crippen molar-refractivity contribution in [2.45, 2.75) is 32.9 Å². The number of hydrogen-bond donors (Lipinski definition) is 2. The highest BCUT2D eigenvalue weighted by atomic mass is 16.4.